The minimum absolute atomic E-state index is 0.0985. The predicted octanol–water partition coefficient (Wildman–Crippen LogP) is 3.38. The summed E-state index contributed by atoms with van der Waals surface area (Å²) in [5, 5.41) is 2.90. The van der Waals surface area contributed by atoms with E-state index in [1.807, 2.05) is 18.2 Å². The largest absolute Gasteiger partial charge is 0.497 e. The van der Waals surface area contributed by atoms with Crippen LogP contribution in [0.1, 0.15) is 27.9 Å². The molecule has 8 nitrogen and oxygen atoms in total. The van der Waals surface area contributed by atoms with Crippen LogP contribution in [0, 0.1) is 0 Å². The van der Waals surface area contributed by atoms with Crippen molar-refractivity contribution in [3.63, 3.8) is 0 Å². The van der Waals surface area contributed by atoms with Crippen molar-refractivity contribution in [3.8, 4) is 5.75 Å². The number of aryl methyl sites for hydroxylation is 1. The molecule has 35 heavy (non-hydrogen) atoms. The number of carbonyl (C=O) groups is 2. The Morgan fingerprint density at radius 3 is 2.37 bits per heavy atom. The second-order valence-electron chi connectivity index (χ2n) is 8.18. The third-order valence-corrected chi connectivity index (χ3v) is 7.42. The van der Waals surface area contributed by atoms with Crippen molar-refractivity contribution in [2.75, 3.05) is 30.9 Å². The first-order valence-electron chi connectivity index (χ1n) is 11.2. The van der Waals surface area contributed by atoms with Gasteiger partial charge in [0.05, 0.1) is 12.0 Å². The molecule has 2 N–H and O–H groups in total. The number of fused-ring (bicyclic) bond motifs is 1. The SMILES string of the molecule is CNS(=O)(=O)c1ccc(CCC(=O)Nc2ccc3c(c2)N(C(=O)c2ccc(OC)cc2)CC3)cc1. The third-order valence-electron chi connectivity index (χ3n) is 5.99. The normalized spacial score (nSPS) is 12.8. The Morgan fingerprint density at radius 1 is 1.00 bits per heavy atom. The van der Waals surface area contributed by atoms with Gasteiger partial charge in [0.15, 0.2) is 0 Å². The van der Waals surface area contributed by atoms with Crippen LogP contribution in [0.25, 0.3) is 0 Å². The quantitative estimate of drug-likeness (QED) is 0.501. The van der Waals surface area contributed by atoms with E-state index in [9.17, 15) is 18.0 Å². The first-order chi connectivity index (χ1) is 16.8. The number of nitrogens with zero attached hydrogens (tertiary/aromatic N) is 1. The summed E-state index contributed by atoms with van der Waals surface area (Å²) < 4.78 is 31.1. The molecule has 0 saturated carbocycles. The Kier molecular flexibility index (Phi) is 7.18. The molecule has 0 radical (unpaired) electrons. The summed E-state index contributed by atoms with van der Waals surface area (Å²) in [7, 11) is -0.545. The van der Waals surface area contributed by atoms with Crippen molar-refractivity contribution in [1.29, 1.82) is 0 Å². The molecule has 0 bridgehead atoms. The zero-order chi connectivity index (χ0) is 25.0. The lowest BCUT2D eigenvalue weighted by Gasteiger charge is -2.18. The molecule has 4 rings (SSSR count). The summed E-state index contributed by atoms with van der Waals surface area (Å²) >= 11 is 0. The molecule has 2 amide bonds. The van der Waals surface area contributed by atoms with Gasteiger partial charge in [0, 0.05) is 29.9 Å². The molecule has 182 valence electrons. The second-order valence-corrected chi connectivity index (χ2v) is 10.1. The highest BCUT2D eigenvalue weighted by Crippen LogP contribution is 2.32. The van der Waals surface area contributed by atoms with Crippen molar-refractivity contribution in [2.45, 2.75) is 24.2 Å². The number of hydrogen-bond donors (Lipinski definition) is 2. The van der Waals surface area contributed by atoms with Crippen LogP contribution in [0.4, 0.5) is 11.4 Å². The molecule has 0 aliphatic carbocycles. The molecule has 0 saturated heterocycles. The van der Waals surface area contributed by atoms with Gasteiger partial charge in [-0.1, -0.05) is 18.2 Å². The maximum absolute atomic E-state index is 13.1. The lowest BCUT2D eigenvalue weighted by Crippen LogP contribution is -2.28. The highest BCUT2D eigenvalue weighted by molar-refractivity contribution is 7.89. The number of benzene rings is 3. The highest BCUT2D eigenvalue weighted by atomic mass is 32.2. The molecule has 0 spiro atoms. The highest BCUT2D eigenvalue weighted by Gasteiger charge is 2.26. The first kappa shape index (κ1) is 24.4. The summed E-state index contributed by atoms with van der Waals surface area (Å²) in [5.41, 5.74) is 3.91. The fourth-order valence-electron chi connectivity index (χ4n) is 3.99. The Labute approximate surface area is 205 Å². The Balaban J connectivity index is 1.39. The number of rotatable bonds is 8. The van der Waals surface area contributed by atoms with Crippen molar-refractivity contribution in [3.05, 3.63) is 83.4 Å². The molecule has 0 unspecified atom stereocenters. The Bertz CT molecular complexity index is 1340. The van der Waals surface area contributed by atoms with Gasteiger partial charge in [-0.2, -0.15) is 0 Å². The van der Waals surface area contributed by atoms with Gasteiger partial charge in [-0.05, 0) is 79.5 Å². The van der Waals surface area contributed by atoms with Gasteiger partial charge in [-0.3, -0.25) is 9.59 Å². The monoisotopic (exact) mass is 493 g/mol. The summed E-state index contributed by atoms with van der Waals surface area (Å²) in [6, 6.07) is 19.1. The van der Waals surface area contributed by atoms with Crippen LogP contribution in [0.2, 0.25) is 0 Å². The first-order valence-corrected chi connectivity index (χ1v) is 12.7. The number of sulfonamides is 1. The molecule has 3 aromatic carbocycles. The van der Waals surface area contributed by atoms with Crippen molar-refractivity contribution in [1.82, 2.24) is 4.72 Å². The van der Waals surface area contributed by atoms with Gasteiger partial charge >= 0.3 is 0 Å². The minimum Gasteiger partial charge on any atom is -0.497 e. The van der Waals surface area contributed by atoms with E-state index in [1.54, 1.807) is 48.4 Å². The number of carbonyl (C=O) groups excluding carboxylic acids is 2. The number of anilines is 2. The van der Waals surface area contributed by atoms with Crippen molar-refractivity contribution < 1.29 is 22.7 Å². The van der Waals surface area contributed by atoms with E-state index in [-0.39, 0.29) is 23.1 Å². The van der Waals surface area contributed by atoms with Gasteiger partial charge in [0.25, 0.3) is 5.91 Å². The lowest BCUT2D eigenvalue weighted by atomic mass is 10.1. The van der Waals surface area contributed by atoms with E-state index in [0.29, 0.717) is 30.0 Å². The molecular formula is C26H27N3O5S. The van der Waals surface area contributed by atoms with Crippen molar-refractivity contribution >= 4 is 33.2 Å². The summed E-state index contributed by atoms with van der Waals surface area (Å²) in [5.74, 6) is 0.425. The van der Waals surface area contributed by atoms with Crippen LogP contribution in [0.3, 0.4) is 0 Å². The third kappa shape index (κ3) is 5.52. The molecular weight excluding hydrogens is 466 g/mol. The summed E-state index contributed by atoms with van der Waals surface area (Å²) in [6.45, 7) is 0.580. The molecule has 3 aromatic rings. The van der Waals surface area contributed by atoms with Crippen LogP contribution in [-0.4, -0.2) is 40.9 Å². The van der Waals surface area contributed by atoms with E-state index in [2.05, 4.69) is 10.0 Å². The van der Waals surface area contributed by atoms with Crippen LogP contribution < -0.4 is 19.7 Å². The van der Waals surface area contributed by atoms with E-state index in [0.717, 1.165) is 23.2 Å². The topological polar surface area (TPSA) is 105 Å². The number of amides is 2. The molecule has 0 atom stereocenters. The molecule has 0 fully saturated rings. The zero-order valence-corrected chi connectivity index (χ0v) is 20.4. The molecule has 1 aliphatic heterocycles. The second kappa shape index (κ2) is 10.3. The maximum Gasteiger partial charge on any atom is 0.258 e. The average Bonchev–Trinajstić information content (AvgIpc) is 3.30. The van der Waals surface area contributed by atoms with E-state index in [4.69, 9.17) is 4.74 Å². The van der Waals surface area contributed by atoms with Crippen LogP contribution in [-0.2, 0) is 27.7 Å². The van der Waals surface area contributed by atoms with Gasteiger partial charge in [-0.15, -0.1) is 0 Å². The fraction of sp³-hybridized carbons (Fsp3) is 0.231. The molecule has 1 aliphatic rings. The van der Waals surface area contributed by atoms with Gasteiger partial charge in [0.1, 0.15) is 5.75 Å². The standard InChI is InChI=1S/C26H27N3O5S/c1-27-35(32,33)23-12-3-18(4-13-23)5-14-25(30)28-21-9-6-19-15-16-29(24(19)17-21)26(31)20-7-10-22(34-2)11-8-20/h3-4,6-13,17,27H,5,14-16H2,1-2H3,(H,28,30). The number of nitrogens with one attached hydrogen (secondary N) is 2. The predicted molar refractivity (Wildman–Crippen MR) is 134 cm³/mol. The van der Waals surface area contributed by atoms with E-state index < -0.39 is 10.0 Å². The van der Waals surface area contributed by atoms with Crippen LogP contribution >= 0.6 is 0 Å². The Morgan fingerprint density at radius 2 is 1.71 bits per heavy atom. The van der Waals surface area contributed by atoms with E-state index >= 15 is 0 Å². The van der Waals surface area contributed by atoms with E-state index in [1.165, 1.54) is 19.2 Å². The number of ether oxygens (including phenoxy) is 1. The number of methoxy groups -OCH3 is 1. The maximum atomic E-state index is 13.1. The van der Waals surface area contributed by atoms with Gasteiger partial charge in [-0.25, -0.2) is 13.1 Å². The smallest absolute Gasteiger partial charge is 0.258 e. The fourth-order valence-corrected chi connectivity index (χ4v) is 4.72. The van der Waals surface area contributed by atoms with Crippen LogP contribution in [0.15, 0.2) is 71.6 Å². The lowest BCUT2D eigenvalue weighted by molar-refractivity contribution is -0.116. The van der Waals surface area contributed by atoms with Gasteiger partial charge in [0.2, 0.25) is 15.9 Å². The average molecular weight is 494 g/mol. The Hall–Kier alpha value is -3.69. The zero-order valence-electron chi connectivity index (χ0n) is 19.6. The molecule has 9 heteroatoms. The minimum atomic E-state index is -3.49. The van der Waals surface area contributed by atoms with Crippen LogP contribution in [0.5, 0.6) is 5.75 Å². The van der Waals surface area contributed by atoms with Gasteiger partial charge < -0.3 is 15.0 Å². The molecule has 0 aromatic heterocycles. The number of hydrogen-bond acceptors (Lipinski definition) is 5. The summed E-state index contributed by atoms with van der Waals surface area (Å²) in [6.07, 6.45) is 1.47. The molecule has 1 heterocycles. The van der Waals surface area contributed by atoms with Crippen molar-refractivity contribution in [2.24, 2.45) is 0 Å². The summed E-state index contributed by atoms with van der Waals surface area (Å²) in [4.78, 5) is 27.5.